The molecular weight excluding hydrogens is 346 g/mol. The lowest BCUT2D eigenvalue weighted by Gasteiger charge is -2.24. The van der Waals surface area contributed by atoms with Crippen molar-refractivity contribution < 1.29 is 14.3 Å². The van der Waals surface area contributed by atoms with Gasteiger partial charge >= 0.3 is 0 Å². The van der Waals surface area contributed by atoms with Crippen LogP contribution < -0.4 is 15.4 Å². The fourth-order valence-electron chi connectivity index (χ4n) is 2.61. The van der Waals surface area contributed by atoms with Crippen LogP contribution in [-0.2, 0) is 11.3 Å². The summed E-state index contributed by atoms with van der Waals surface area (Å²) in [4.78, 5) is 29.0. The largest absolute Gasteiger partial charge is 0.494 e. The van der Waals surface area contributed by atoms with Gasteiger partial charge in [-0.3, -0.25) is 14.3 Å². The number of hydrogen-bond donors (Lipinski definition) is 2. The number of amides is 2. The first-order valence-corrected chi connectivity index (χ1v) is 9.07. The van der Waals surface area contributed by atoms with Gasteiger partial charge in [-0.1, -0.05) is 13.8 Å². The van der Waals surface area contributed by atoms with Crippen molar-refractivity contribution in [2.75, 3.05) is 6.61 Å². The highest BCUT2D eigenvalue weighted by Crippen LogP contribution is 2.13. The molecule has 2 aromatic rings. The number of rotatable bonds is 9. The zero-order valence-electron chi connectivity index (χ0n) is 16.2. The molecule has 1 heterocycles. The number of nitrogens with zero attached hydrogens (tertiary/aromatic N) is 3. The van der Waals surface area contributed by atoms with E-state index >= 15 is 0 Å². The summed E-state index contributed by atoms with van der Waals surface area (Å²) in [6.45, 7) is 8.63. The van der Waals surface area contributed by atoms with Crippen molar-refractivity contribution in [1.82, 2.24) is 25.4 Å². The van der Waals surface area contributed by atoms with Crippen LogP contribution in [-0.4, -0.2) is 45.3 Å². The van der Waals surface area contributed by atoms with Crippen LogP contribution in [0.15, 0.2) is 36.9 Å². The Bertz CT molecular complexity index is 728. The van der Waals surface area contributed by atoms with Gasteiger partial charge in [0.05, 0.1) is 13.2 Å². The Kier molecular flexibility index (Phi) is 7.34. The van der Waals surface area contributed by atoms with Crippen molar-refractivity contribution in [3.8, 4) is 5.75 Å². The van der Waals surface area contributed by atoms with Crippen LogP contribution in [0.5, 0.6) is 5.75 Å². The van der Waals surface area contributed by atoms with Crippen molar-refractivity contribution in [2.45, 2.75) is 46.3 Å². The number of ether oxygens (including phenoxy) is 1. The van der Waals surface area contributed by atoms with Crippen LogP contribution in [0.4, 0.5) is 0 Å². The van der Waals surface area contributed by atoms with Crippen molar-refractivity contribution >= 4 is 11.8 Å². The van der Waals surface area contributed by atoms with Gasteiger partial charge < -0.3 is 15.4 Å². The standard InChI is InChI=1S/C19H27N5O3/c1-5-27-16-8-6-15(7-9-16)18(25)23-17(13(2)3)19(26)22-14(4)10-24-12-20-11-21-24/h6-9,11-14,17H,5,10H2,1-4H3,(H,22,26)(H,23,25). The third-order valence-electron chi connectivity index (χ3n) is 3.98. The van der Waals surface area contributed by atoms with Gasteiger partial charge in [-0.2, -0.15) is 5.10 Å². The highest BCUT2D eigenvalue weighted by molar-refractivity contribution is 5.97. The average Bonchev–Trinajstić information content (AvgIpc) is 3.12. The quantitative estimate of drug-likeness (QED) is 0.696. The summed E-state index contributed by atoms with van der Waals surface area (Å²) in [6.07, 6.45) is 3.04. The van der Waals surface area contributed by atoms with E-state index in [0.29, 0.717) is 24.5 Å². The molecule has 2 unspecified atom stereocenters. The molecule has 8 heteroatoms. The van der Waals surface area contributed by atoms with Crippen LogP contribution in [0.3, 0.4) is 0 Å². The Hall–Kier alpha value is -2.90. The third kappa shape index (κ3) is 6.09. The van der Waals surface area contributed by atoms with Crippen molar-refractivity contribution in [1.29, 1.82) is 0 Å². The molecule has 1 aromatic heterocycles. The molecule has 0 bridgehead atoms. The number of benzene rings is 1. The molecule has 2 amide bonds. The first-order valence-electron chi connectivity index (χ1n) is 9.07. The summed E-state index contributed by atoms with van der Waals surface area (Å²) >= 11 is 0. The number of carbonyl (C=O) groups excluding carboxylic acids is 2. The molecule has 27 heavy (non-hydrogen) atoms. The molecule has 1 aromatic carbocycles. The second-order valence-corrected chi connectivity index (χ2v) is 6.68. The second-order valence-electron chi connectivity index (χ2n) is 6.68. The molecule has 8 nitrogen and oxygen atoms in total. The Morgan fingerprint density at radius 3 is 2.41 bits per heavy atom. The maximum Gasteiger partial charge on any atom is 0.251 e. The Morgan fingerprint density at radius 2 is 1.85 bits per heavy atom. The molecule has 0 fully saturated rings. The van der Waals surface area contributed by atoms with Gasteiger partial charge in [-0.05, 0) is 44.0 Å². The van der Waals surface area contributed by atoms with Gasteiger partial charge in [0.15, 0.2) is 0 Å². The molecule has 0 saturated carbocycles. The second kappa shape index (κ2) is 9.70. The SMILES string of the molecule is CCOc1ccc(C(=O)NC(C(=O)NC(C)Cn2cncn2)C(C)C)cc1. The van der Waals surface area contributed by atoms with Crippen LogP contribution in [0.1, 0.15) is 38.1 Å². The minimum absolute atomic E-state index is 0.0600. The van der Waals surface area contributed by atoms with Crippen LogP contribution >= 0.6 is 0 Å². The van der Waals surface area contributed by atoms with Crippen LogP contribution in [0.2, 0.25) is 0 Å². The van der Waals surface area contributed by atoms with Gasteiger partial charge in [0.1, 0.15) is 24.4 Å². The normalized spacial score (nSPS) is 13.1. The molecule has 0 spiro atoms. The third-order valence-corrected chi connectivity index (χ3v) is 3.98. The summed E-state index contributed by atoms with van der Waals surface area (Å²) in [7, 11) is 0. The van der Waals surface area contributed by atoms with Crippen LogP contribution in [0, 0.1) is 5.92 Å². The lowest BCUT2D eigenvalue weighted by molar-refractivity contribution is -0.124. The minimum Gasteiger partial charge on any atom is -0.494 e. The number of aromatic nitrogens is 3. The number of carbonyl (C=O) groups is 2. The molecule has 2 N–H and O–H groups in total. The fourth-order valence-corrected chi connectivity index (χ4v) is 2.61. The molecule has 146 valence electrons. The summed E-state index contributed by atoms with van der Waals surface area (Å²) in [6, 6.07) is 6.06. The molecule has 0 aliphatic heterocycles. The Labute approximate surface area is 159 Å². The zero-order valence-corrected chi connectivity index (χ0v) is 16.2. The lowest BCUT2D eigenvalue weighted by Crippen LogP contribution is -2.52. The van der Waals surface area contributed by atoms with E-state index in [1.165, 1.54) is 6.33 Å². The molecule has 2 rings (SSSR count). The topological polar surface area (TPSA) is 98.1 Å². The average molecular weight is 373 g/mol. The van der Waals surface area contributed by atoms with E-state index in [1.54, 1.807) is 35.3 Å². The van der Waals surface area contributed by atoms with E-state index in [9.17, 15) is 9.59 Å². The maximum absolute atomic E-state index is 12.6. The first kappa shape index (κ1) is 20.4. The van der Waals surface area contributed by atoms with Gasteiger partial charge in [-0.15, -0.1) is 0 Å². The van der Waals surface area contributed by atoms with E-state index in [4.69, 9.17) is 4.74 Å². The van der Waals surface area contributed by atoms with E-state index in [-0.39, 0.29) is 23.8 Å². The van der Waals surface area contributed by atoms with E-state index in [0.717, 1.165) is 0 Å². The lowest BCUT2D eigenvalue weighted by atomic mass is 10.0. The van der Waals surface area contributed by atoms with E-state index in [2.05, 4.69) is 20.7 Å². The zero-order chi connectivity index (χ0) is 19.8. The Balaban J connectivity index is 1.96. The van der Waals surface area contributed by atoms with Crippen molar-refractivity contribution in [3.63, 3.8) is 0 Å². The number of hydrogen-bond acceptors (Lipinski definition) is 5. The predicted octanol–water partition coefficient (Wildman–Crippen LogP) is 1.64. The highest BCUT2D eigenvalue weighted by Gasteiger charge is 2.25. The summed E-state index contributed by atoms with van der Waals surface area (Å²) in [5, 5.41) is 9.77. The van der Waals surface area contributed by atoms with Gasteiger partial charge in [0, 0.05) is 11.6 Å². The highest BCUT2D eigenvalue weighted by atomic mass is 16.5. The van der Waals surface area contributed by atoms with Gasteiger partial charge in [0.25, 0.3) is 5.91 Å². The predicted molar refractivity (Wildman–Crippen MR) is 101 cm³/mol. The number of nitrogens with one attached hydrogen (secondary N) is 2. The van der Waals surface area contributed by atoms with E-state index in [1.807, 2.05) is 27.7 Å². The molecule has 0 aliphatic rings. The molecule has 0 radical (unpaired) electrons. The molecule has 0 aliphatic carbocycles. The fraction of sp³-hybridized carbons (Fsp3) is 0.474. The smallest absolute Gasteiger partial charge is 0.251 e. The summed E-state index contributed by atoms with van der Waals surface area (Å²) in [5.41, 5.74) is 0.479. The van der Waals surface area contributed by atoms with Gasteiger partial charge in [0.2, 0.25) is 5.91 Å². The van der Waals surface area contributed by atoms with Gasteiger partial charge in [-0.25, -0.2) is 4.98 Å². The Morgan fingerprint density at radius 1 is 1.15 bits per heavy atom. The molecule has 0 saturated heterocycles. The summed E-state index contributed by atoms with van der Waals surface area (Å²) < 4.78 is 7.02. The molecular formula is C19H27N5O3. The van der Waals surface area contributed by atoms with E-state index < -0.39 is 6.04 Å². The monoisotopic (exact) mass is 373 g/mol. The maximum atomic E-state index is 12.6. The minimum atomic E-state index is -0.637. The first-order chi connectivity index (χ1) is 12.9. The van der Waals surface area contributed by atoms with Crippen molar-refractivity contribution in [3.05, 3.63) is 42.5 Å². The van der Waals surface area contributed by atoms with Crippen LogP contribution in [0.25, 0.3) is 0 Å². The molecule has 2 atom stereocenters. The summed E-state index contributed by atoms with van der Waals surface area (Å²) in [5.74, 6) is 0.122. The van der Waals surface area contributed by atoms with Crippen molar-refractivity contribution in [2.24, 2.45) is 5.92 Å².